The molecule has 14 nitrogen and oxygen atoms in total. The van der Waals surface area contributed by atoms with Crippen molar-refractivity contribution < 1.29 is 62.3 Å². The number of phosphoric ester groups is 1. The van der Waals surface area contributed by atoms with Gasteiger partial charge in [-0.25, -0.2) is 4.79 Å². The Morgan fingerprint density at radius 3 is 2.19 bits per heavy atom. The zero-order valence-electron chi connectivity index (χ0n) is 28.9. The van der Waals surface area contributed by atoms with Crippen LogP contribution < -0.4 is 45.7 Å². The van der Waals surface area contributed by atoms with E-state index in [0.29, 0.717) is 13.2 Å². The first-order valence-corrected chi connectivity index (χ1v) is 18.5. The van der Waals surface area contributed by atoms with E-state index in [4.69, 9.17) is 28.8 Å². The quantitative estimate of drug-likeness (QED) is 0.0360. The predicted octanol–water partition coefficient (Wildman–Crippen LogP) is 3.22. The van der Waals surface area contributed by atoms with Gasteiger partial charge in [-0.05, 0) is 25.8 Å². The van der Waals surface area contributed by atoms with Gasteiger partial charge in [-0.2, -0.15) is 0 Å². The number of unbranched alkanes of at least 4 members (excludes halogenated alkanes) is 13. The van der Waals surface area contributed by atoms with E-state index in [1.807, 2.05) is 0 Å². The second-order valence-corrected chi connectivity index (χ2v) is 13.3. The Labute approximate surface area is 301 Å². The summed E-state index contributed by atoms with van der Waals surface area (Å²) in [6, 6.07) is -0.811. The molecule has 0 radical (unpaired) electrons. The van der Waals surface area contributed by atoms with Gasteiger partial charge in [0.25, 0.3) is 13.4 Å². The average molecular weight is 696 g/mol. The van der Waals surface area contributed by atoms with Crippen molar-refractivity contribution in [2.45, 2.75) is 142 Å². The van der Waals surface area contributed by atoms with Crippen LogP contribution in [-0.2, 0) is 27.8 Å². The summed E-state index contributed by atoms with van der Waals surface area (Å²) in [7, 11) is -4.78. The number of ether oxygens (including phenoxy) is 3. The molecule has 264 valence electrons. The fourth-order valence-electron chi connectivity index (χ4n) is 5.39. The summed E-state index contributed by atoms with van der Waals surface area (Å²) in [4.78, 5) is 41.4. The smallest absolute Gasteiger partial charge is 0.756 e. The van der Waals surface area contributed by atoms with Crippen LogP contribution in [0.5, 0.6) is 0 Å². The van der Waals surface area contributed by atoms with Crippen molar-refractivity contribution in [1.29, 1.82) is 0 Å². The zero-order chi connectivity index (χ0) is 33.6. The van der Waals surface area contributed by atoms with Crippen molar-refractivity contribution in [2.75, 3.05) is 33.0 Å². The molecule has 0 aliphatic carbocycles. The van der Waals surface area contributed by atoms with Gasteiger partial charge in [-0.3, -0.25) is 18.9 Å². The molecule has 1 aromatic heterocycles. The van der Waals surface area contributed by atoms with Crippen molar-refractivity contribution in [3.63, 3.8) is 0 Å². The molecule has 2 heterocycles. The molecule has 2 rings (SSSR count). The Hall–Kier alpha value is -1.02. The number of phosphoric acid groups is 1. The van der Waals surface area contributed by atoms with Crippen molar-refractivity contribution in [3.8, 4) is 0 Å². The van der Waals surface area contributed by atoms with E-state index in [-0.39, 0.29) is 54.8 Å². The van der Waals surface area contributed by atoms with Gasteiger partial charge in [0.2, 0.25) is 0 Å². The van der Waals surface area contributed by atoms with E-state index in [1.54, 1.807) is 6.92 Å². The van der Waals surface area contributed by atoms with Crippen LogP contribution >= 0.6 is 7.82 Å². The Balaban J connectivity index is 0.0000110. The first-order chi connectivity index (χ1) is 22.2. The van der Waals surface area contributed by atoms with Gasteiger partial charge in [0.15, 0.2) is 0 Å². The zero-order valence-corrected chi connectivity index (χ0v) is 31.8. The summed E-state index contributed by atoms with van der Waals surface area (Å²) >= 11 is 0. The number of hydrogen-bond acceptors (Lipinski definition) is 10. The third-order valence-corrected chi connectivity index (χ3v) is 8.95. The number of rotatable bonds is 27. The van der Waals surface area contributed by atoms with E-state index in [0.717, 1.165) is 17.4 Å². The molecule has 5 unspecified atom stereocenters. The molecule has 0 saturated carbocycles. The van der Waals surface area contributed by atoms with Gasteiger partial charge >= 0.3 is 35.2 Å². The molecule has 1 fully saturated rings. The Kier molecular flexibility index (Phi) is 24.2. The topological polar surface area (TPSA) is 190 Å². The standard InChI is InChI=1S/C31H56N5O9P.Na/c1-4-6-7-8-9-10-11-12-13-14-15-16-17-18-19-41-22-26(42-5-2)23-43-46(39,40)44-24-28-27(34-35-32)20-29(45-28)36-21-25(3)30(37)33-31(36)38;/h21,26-29H,4-20,22-24H2,1-3H3,(H,39,40)(H,33,37,38);/q;+1/p-1. The number of nitrogens with one attached hydrogen (secondary N) is 1. The molecular weight excluding hydrogens is 640 g/mol. The number of nitrogens with zero attached hydrogens (tertiary/aromatic N) is 4. The fraction of sp³-hybridized carbons (Fsp3) is 0.871. The molecule has 1 aromatic rings. The molecule has 16 heteroatoms. The van der Waals surface area contributed by atoms with Crippen LogP contribution in [0.4, 0.5) is 0 Å². The van der Waals surface area contributed by atoms with Crippen LogP contribution in [-0.4, -0.2) is 60.8 Å². The van der Waals surface area contributed by atoms with E-state index in [9.17, 15) is 19.0 Å². The summed E-state index contributed by atoms with van der Waals surface area (Å²) < 4.78 is 40.8. The molecule has 0 amide bonds. The number of azide groups is 1. The van der Waals surface area contributed by atoms with Gasteiger partial charge in [0.1, 0.15) is 12.3 Å². The third-order valence-electron chi connectivity index (χ3n) is 8.02. The largest absolute Gasteiger partial charge is 1.00 e. The summed E-state index contributed by atoms with van der Waals surface area (Å²) in [5, 5.41) is 3.66. The van der Waals surface area contributed by atoms with Gasteiger partial charge in [-0.15, -0.1) is 0 Å². The van der Waals surface area contributed by atoms with Crippen LogP contribution in [0.25, 0.3) is 10.4 Å². The second-order valence-electron chi connectivity index (χ2n) is 11.9. The van der Waals surface area contributed by atoms with Crippen molar-refractivity contribution in [2.24, 2.45) is 5.11 Å². The minimum atomic E-state index is -4.78. The minimum Gasteiger partial charge on any atom is -0.756 e. The molecule has 0 bridgehead atoms. The van der Waals surface area contributed by atoms with E-state index in [2.05, 4.69) is 21.9 Å². The van der Waals surface area contributed by atoms with Gasteiger partial charge in [-0.1, -0.05) is 95.5 Å². The van der Waals surface area contributed by atoms with Crippen LogP contribution in [0.1, 0.15) is 122 Å². The van der Waals surface area contributed by atoms with Crippen LogP contribution in [0.2, 0.25) is 0 Å². The maximum atomic E-state index is 12.5. The van der Waals surface area contributed by atoms with Crippen LogP contribution in [0, 0.1) is 6.92 Å². The third kappa shape index (κ3) is 18.5. The normalized spacial score (nSPS) is 19.5. The monoisotopic (exact) mass is 695 g/mol. The maximum Gasteiger partial charge on any atom is 1.00 e. The van der Waals surface area contributed by atoms with Crippen LogP contribution in [0.15, 0.2) is 20.9 Å². The van der Waals surface area contributed by atoms with Crippen molar-refractivity contribution >= 4 is 7.82 Å². The van der Waals surface area contributed by atoms with E-state index >= 15 is 0 Å². The SMILES string of the molecule is CCCCCCCCCCCCCCCCOCC(COP(=O)([O-])OCC1OC(n2cc(C)c(=O)[nH]c2=O)CC1N=[N+]=[N-])OCC.[Na+]. The van der Waals surface area contributed by atoms with Gasteiger partial charge in [0, 0.05) is 36.3 Å². The Bertz CT molecular complexity index is 1200. The number of aryl methyl sites for hydroxylation is 1. The number of H-pyrrole nitrogens is 1. The van der Waals surface area contributed by atoms with E-state index < -0.39 is 50.2 Å². The molecule has 0 spiro atoms. The Morgan fingerprint density at radius 1 is 1.02 bits per heavy atom. The molecule has 47 heavy (non-hydrogen) atoms. The maximum absolute atomic E-state index is 12.5. The molecule has 0 aromatic carbocycles. The molecule has 1 N–H and O–H groups in total. The summed E-state index contributed by atoms with van der Waals surface area (Å²) in [6.07, 6.45) is 16.9. The van der Waals surface area contributed by atoms with Crippen LogP contribution in [0.3, 0.4) is 0 Å². The second kappa shape index (κ2) is 25.9. The molecule has 1 saturated heterocycles. The number of aromatic nitrogens is 2. The van der Waals surface area contributed by atoms with E-state index in [1.165, 1.54) is 90.2 Å². The fourth-order valence-corrected chi connectivity index (χ4v) is 6.15. The molecule has 1 aliphatic heterocycles. The summed E-state index contributed by atoms with van der Waals surface area (Å²) in [5.74, 6) is 0. The van der Waals surface area contributed by atoms with Crippen molar-refractivity contribution in [1.82, 2.24) is 9.55 Å². The van der Waals surface area contributed by atoms with Crippen molar-refractivity contribution in [3.05, 3.63) is 43.0 Å². The molecule has 5 atom stereocenters. The van der Waals surface area contributed by atoms with Gasteiger partial charge < -0.3 is 28.2 Å². The predicted molar refractivity (Wildman–Crippen MR) is 174 cm³/mol. The summed E-state index contributed by atoms with van der Waals surface area (Å²) in [5.41, 5.74) is 8.01. The first-order valence-electron chi connectivity index (χ1n) is 17.0. The first kappa shape index (κ1) is 44.0. The summed E-state index contributed by atoms with van der Waals surface area (Å²) in [6.45, 7) is 5.91. The number of hydrogen-bond donors (Lipinski definition) is 1. The number of aromatic amines is 1. The average Bonchev–Trinajstić information content (AvgIpc) is 3.43. The van der Waals surface area contributed by atoms with Gasteiger partial charge in [0.05, 0.1) is 32.0 Å². The molecule has 1 aliphatic rings. The Morgan fingerprint density at radius 2 is 1.62 bits per heavy atom. The molecular formula is C31H55N5NaO9P. The minimum absolute atomic E-state index is 0.